The Morgan fingerprint density at radius 1 is 1.16 bits per heavy atom. The number of benzene rings is 2. The van der Waals surface area contributed by atoms with Gasteiger partial charge in [0, 0.05) is 23.7 Å². The number of rotatable bonds is 7. The van der Waals surface area contributed by atoms with Gasteiger partial charge in [0.15, 0.2) is 0 Å². The van der Waals surface area contributed by atoms with Gasteiger partial charge in [-0.3, -0.25) is 9.59 Å². The van der Waals surface area contributed by atoms with Crippen LogP contribution in [-0.4, -0.2) is 48.1 Å². The summed E-state index contributed by atoms with van der Waals surface area (Å²) in [4.78, 5) is 27.2. The number of likely N-dealkylation sites (tertiary alicyclic amines) is 1. The van der Waals surface area contributed by atoms with Crippen LogP contribution in [0.1, 0.15) is 36.6 Å². The van der Waals surface area contributed by atoms with E-state index < -0.39 is 17.7 Å². The first-order valence-corrected chi connectivity index (χ1v) is 10.8. The van der Waals surface area contributed by atoms with Gasteiger partial charge in [-0.05, 0) is 56.2 Å². The Labute approximate surface area is 190 Å². The van der Waals surface area contributed by atoms with Gasteiger partial charge >= 0.3 is 0 Å². The molecular weight excluding hydrogens is 462 g/mol. The van der Waals surface area contributed by atoms with Gasteiger partial charge < -0.3 is 19.5 Å². The van der Waals surface area contributed by atoms with Crippen molar-refractivity contribution in [2.24, 2.45) is 0 Å². The van der Waals surface area contributed by atoms with Gasteiger partial charge in [0.2, 0.25) is 0 Å². The SMILES string of the molecule is COCCN1C(=O)C(=O)/C(=C(\O)c2ccc(Br)c(C)c2)C1c1ccc(OC(C)C)cc1. The molecule has 1 amide bonds. The average molecular weight is 488 g/mol. The predicted molar refractivity (Wildman–Crippen MR) is 122 cm³/mol. The number of ether oxygens (including phenoxy) is 2. The maximum absolute atomic E-state index is 13.0. The molecule has 0 saturated carbocycles. The third kappa shape index (κ3) is 4.83. The highest BCUT2D eigenvalue weighted by molar-refractivity contribution is 9.10. The molecule has 2 aromatic rings. The molecule has 0 radical (unpaired) electrons. The lowest BCUT2D eigenvalue weighted by atomic mass is 9.95. The van der Waals surface area contributed by atoms with Crippen molar-refractivity contribution in [1.82, 2.24) is 4.90 Å². The summed E-state index contributed by atoms with van der Waals surface area (Å²) in [6, 6.07) is 11.8. The zero-order valence-electron chi connectivity index (χ0n) is 18.0. The smallest absolute Gasteiger partial charge is 0.295 e. The number of hydrogen-bond donors (Lipinski definition) is 1. The van der Waals surface area contributed by atoms with Crippen LogP contribution in [0.3, 0.4) is 0 Å². The van der Waals surface area contributed by atoms with Gasteiger partial charge in [0.25, 0.3) is 11.7 Å². The predicted octanol–water partition coefficient (Wildman–Crippen LogP) is 4.61. The van der Waals surface area contributed by atoms with Gasteiger partial charge in [0.1, 0.15) is 11.5 Å². The number of methoxy groups -OCH3 is 1. The molecule has 6 nitrogen and oxygen atoms in total. The van der Waals surface area contributed by atoms with Crippen molar-refractivity contribution in [1.29, 1.82) is 0 Å². The topological polar surface area (TPSA) is 76.1 Å². The number of hydrogen-bond acceptors (Lipinski definition) is 5. The number of nitrogens with zero attached hydrogens (tertiary/aromatic N) is 1. The maximum atomic E-state index is 13.0. The van der Waals surface area contributed by atoms with Crippen LogP contribution in [0.15, 0.2) is 52.5 Å². The number of carbonyl (C=O) groups excluding carboxylic acids is 2. The molecule has 1 fully saturated rings. The van der Waals surface area contributed by atoms with Crippen LogP contribution in [0.2, 0.25) is 0 Å². The molecular formula is C24H26BrNO5. The average Bonchev–Trinajstić information content (AvgIpc) is 2.98. The molecule has 1 aliphatic heterocycles. The Bertz CT molecular complexity index is 1010. The number of carbonyl (C=O) groups is 2. The third-order valence-electron chi connectivity index (χ3n) is 5.08. The Hall–Kier alpha value is -2.64. The Balaban J connectivity index is 2.11. The number of aliphatic hydroxyl groups excluding tert-OH is 1. The van der Waals surface area contributed by atoms with E-state index in [2.05, 4.69) is 15.9 Å². The molecule has 0 bridgehead atoms. The van der Waals surface area contributed by atoms with Gasteiger partial charge in [-0.25, -0.2) is 0 Å². The van der Waals surface area contributed by atoms with Crippen LogP contribution in [0.25, 0.3) is 5.76 Å². The first-order valence-electron chi connectivity index (χ1n) is 10.0. The molecule has 2 aromatic carbocycles. The maximum Gasteiger partial charge on any atom is 0.295 e. The first-order chi connectivity index (χ1) is 14.7. The van der Waals surface area contributed by atoms with E-state index in [0.29, 0.717) is 16.9 Å². The lowest BCUT2D eigenvalue weighted by molar-refractivity contribution is -0.140. The second-order valence-corrected chi connectivity index (χ2v) is 8.54. The summed E-state index contributed by atoms with van der Waals surface area (Å²) < 4.78 is 11.7. The fourth-order valence-corrected chi connectivity index (χ4v) is 3.84. The molecule has 1 atom stereocenters. The van der Waals surface area contributed by atoms with Crippen molar-refractivity contribution in [2.75, 3.05) is 20.3 Å². The van der Waals surface area contributed by atoms with Crippen LogP contribution in [-0.2, 0) is 14.3 Å². The number of halogens is 1. The molecule has 0 aromatic heterocycles. The molecule has 1 aliphatic rings. The highest BCUT2D eigenvalue weighted by Crippen LogP contribution is 2.40. The normalized spacial score (nSPS) is 18.1. The zero-order valence-corrected chi connectivity index (χ0v) is 19.6. The second kappa shape index (κ2) is 9.66. The largest absolute Gasteiger partial charge is 0.507 e. The van der Waals surface area contributed by atoms with Crippen molar-refractivity contribution in [2.45, 2.75) is 32.9 Å². The van der Waals surface area contributed by atoms with E-state index in [1.165, 1.54) is 12.0 Å². The van der Waals surface area contributed by atoms with Crippen LogP contribution in [0.4, 0.5) is 0 Å². The van der Waals surface area contributed by atoms with E-state index in [4.69, 9.17) is 9.47 Å². The van der Waals surface area contributed by atoms with Gasteiger partial charge in [-0.1, -0.05) is 34.1 Å². The van der Waals surface area contributed by atoms with E-state index in [-0.39, 0.29) is 30.6 Å². The minimum Gasteiger partial charge on any atom is -0.507 e. The van der Waals surface area contributed by atoms with E-state index >= 15 is 0 Å². The number of aryl methyl sites for hydroxylation is 1. The highest BCUT2D eigenvalue weighted by atomic mass is 79.9. The van der Waals surface area contributed by atoms with Crippen LogP contribution in [0, 0.1) is 6.92 Å². The number of aliphatic hydroxyl groups is 1. The van der Waals surface area contributed by atoms with E-state index in [9.17, 15) is 14.7 Å². The third-order valence-corrected chi connectivity index (χ3v) is 5.97. The molecule has 0 spiro atoms. The molecule has 1 saturated heterocycles. The summed E-state index contributed by atoms with van der Waals surface area (Å²) in [5, 5.41) is 11.1. The van der Waals surface area contributed by atoms with Crippen LogP contribution >= 0.6 is 15.9 Å². The molecule has 1 N–H and O–H groups in total. The summed E-state index contributed by atoms with van der Waals surface area (Å²) in [6.45, 7) is 6.27. The van der Waals surface area contributed by atoms with Crippen LogP contribution < -0.4 is 4.74 Å². The molecule has 164 valence electrons. The molecule has 31 heavy (non-hydrogen) atoms. The summed E-state index contributed by atoms with van der Waals surface area (Å²) in [5.41, 5.74) is 2.17. The summed E-state index contributed by atoms with van der Waals surface area (Å²) in [6.07, 6.45) is 0.0267. The highest BCUT2D eigenvalue weighted by Gasteiger charge is 2.45. The number of amides is 1. The van der Waals surface area contributed by atoms with Crippen molar-refractivity contribution in [3.63, 3.8) is 0 Å². The van der Waals surface area contributed by atoms with E-state index in [0.717, 1.165) is 10.0 Å². The van der Waals surface area contributed by atoms with Crippen molar-refractivity contribution >= 4 is 33.4 Å². The lowest BCUT2D eigenvalue weighted by Gasteiger charge is -2.25. The minimum atomic E-state index is -0.716. The van der Waals surface area contributed by atoms with Gasteiger partial charge in [0.05, 0.1) is 24.3 Å². The Morgan fingerprint density at radius 3 is 2.42 bits per heavy atom. The summed E-state index contributed by atoms with van der Waals surface area (Å²) >= 11 is 3.44. The van der Waals surface area contributed by atoms with E-state index in [1.54, 1.807) is 30.3 Å². The fraction of sp³-hybridized carbons (Fsp3) is 0.333. The molecule has 0 aliphatic carbocycles. The second-order valence-electron chi connectivity index (χ2n) is 7.68. The van der Waals surface area contributed by atoms with Crippen LogP contribution in [0.5, 0.6) is 5.75 Å². The monoisotopic (exact) mass is 487 g/mol. The molecule has 7 heteroatoms. The standard InChI is InChI=1S/C24H26BrNO5/c1-14(2)31-18-8-5-16(6-9-18)21-20(23(28)24(29)26(21)11-12-30-4)22(27)17-7-10-19(25)15(3)13-17/h5-10,13-14,21,27H,11-12H2,1-4H3/b22-20-. The first kappa shape index (κ1) is 23.0. The number of ketones is 1. The Morgan fingerprint density at radius 2 is 1.84 bits per heavy atom. The lowest BCUT2D eigenvalue weighted by Crippen LogP contribution is -2.32. The molecule has 1 unspecified atom stereocenters. The molecule has 1 heterocycles. The summed E-state index contributed by atoms with van der Waals surface area (Å²) in [7, 11) is 1.54. The van der Waals surface area contributed by atoms with Crippen molar-refractivity contribution < 1.29 is 24.2 Å². The van der Waals surface area contributed by atoms with E-state index in [1.807, 2.05) is 32.9 Å². The van der Waals surface area contributed by atoms with Crippen molar-refractivity contribution in [3.8, 4) is 5.75 Å². The quantitative estimate of drug-likeness (QED) is 0.350. The minimum absolute atomic E-state index is 0.0267. The van der Waals surface area contributed by atoms with Crippen molar-refractivity contribution in [3.05, 3.63) is 69.2 Å². The zero-order chi connectivity index (χ0) is 22.7. The summed E-state index contributed by atoms with van der Waals surface area (Å²) in [5.74, 6) is -0.862. The van der Waals surface area contributed by atoms with Gasteiger partial charge in [-0.15, -0.1) is 0 Å². The fourth-order valence-electron chi connectivity index (χ4n) is 3.60. The molecule has 3 rings (SSSR count). The Kier molecular flexibility index (Phi) is 7.18. The van der Waals surface area contributed by atoms with Gasteiger partial charge in [-0.2, -0.15) is 0 Å². The number of Topliss-reactive ketones (excluding diaryl/α,β-unsaturated/α-hetero) is 1.